The monoisotopic (exact) mass is 328 g/mol. The molecule has 0 spiro atoms. The van der Waals surface area contributed by atoms with Gasteiger partial charge in [-0.15, -0.1) is 0 Å². The summed E-state index contributed by atoms with van der Waals surface area (Å²) in [4.78, 5) is 14.4. The van der Waals surface area contributed by atoms with Crippen LogP contribution < -0.4 is 17.2 Å². The highest BCUT2D eigenvalue weighted by molar-refractivity contribution is 9.10. The van der Waals surface area contributed by atoms with Crippen molar-refractivity contribution in [2.45, 2.75) is 19.9 Å². The zero-order valence-electron chi connectivity index (χ0n) is 10.5. The first-order valence-electron chi connectivity index (χ1n) is 5.67. The number of hydrogen-bond donors (Lipinski definition) is 3. The fourth-order valence-corrected chi connectivity index (χ4v) is 2.34. The van der Waals surface area contributed by atoms with Crippen molar-refractivity contribution in [2.75, 3.05) is 11.5 Å². The Bertz CT molecular complexity index is 690. The van der Waals surface area contributed by atoms with Gasteiger partial charge in [-0.3, -0.25) is 9.55 Å². The van der Waals surface area contributed by atoms with Gasteiger partial charge in [0.15, 0.2) is 0 Å². The number of imidazole rings is 1. The van der Waals surface area contributed by atoms with E-state index in [1.165, 1.54) is 16.7 Å². The molecule has 5 nitrogen and oxygen atoms in total. The van der Waals surface area contributed by atoms with Crippen molar-refractivity contribution in [1.29, 1.82) is 0 Å². The van der Waals surface area contributed by atoms with Crippen LogP contribution in [0.4, 0.5) is 15.9 Å². The molecule has 1 aromatic heterocycles. The number of nitrogens with two attached hydrogens (primary N) is 2. The molecule has 19 heavy (non-hydrogen) atoms. The number of nitrogens with zero attached hydrogens (tertiary/aromatic N) is 1. The number of benzene rings is 1. The number of H-pyrrole nitrogens is 1. The van der Waals surface area contributed by atoms with E-state index >= 15 is 0 Å². The van der Waals surface area contributed by atoms with E-state index in [4.69, 9.17) is 11.5 Å². The molecule has 0 fully saturated rings. The molecular weight excluding hydrogens is 315 g/mol. The predicted octanol–water partition coefficient (Wildman–Crippen LogP) is 2.49. The Kier molecular flexibility index (Phi) is 3.40. The number of anilines is 2. The minimum Gasteiger partial charge on any atom is -0.398 e. The predicted molar refractivity (Wildman–Crippen MR) is 77.4 cm³/mol. The standard InChI is InChI=1S/C12H14BrFN4O/c1-5(2)18-10(11(16)17-12(18)19)6-3-7(13)8(14)4-9(6)15/h3-5H,15-16H2,1-2H3,(H,17,19). The molecule has 0 amide bonds. The van der Waals surface area contributed by atoms with E-state index in [2.05, 4.69) is 20.9 Å². The summed E-state index contributed by atoms with van der Waals surface area (Å²) in [5, 5.41) is 0. The van der Waals surface area contributed by atoms with Crippen molar-refractivity contribution in [3.8, 4) is 11.3 Å². The molecule has 0 radical (unpaired) electrons. The lowest BCUT2D eigenvalue weighted by Crippen LogP contribution is -2.19. The van der Waals surface area contributed by atoms with Crippen molar-refractivity contribution in [3.63, 3.8) is 0 Å². The van der Waals surface area contributed by atoms with Gasteiger partial charge in [0, 0.05) is 17.3 Å². The van der Waals surface area contributed by atoms with Gasteiger partial charge >= 0.3 is 5.69 Å². The molecule has 2 aromatic rings. The van der Waals surface area contributed by atoms with Gasteiger partial charge in [0.1, 0.15) is 11.6 Å². The number of aromatic nitrogens is 2. The van der Waals surface area contributed by atoms with Crippen molar-refractivity contribution in [1.82, 2.24) is 9.55 Å². The van der Waals surface area contributed by atoms with E-state index < -0.39 is 5.82 Å². The highest BCUT2D eigenvalue weighted by atomic mass is 79.9. The van der Waals surface area contributed by atoms with Crippen LogP contribution in [0, 0.1) is 5.82 Å². The average Bonchev–Trinajstić information content (AvgIpc) is 2.59. The zero-order valence-corrected chi connectivity index (χ0v) is 12.1. The molecule has 1 aromatic carbocycles. The Labute approximate surface area is 117 Å². The smallest absolute Gasteiger partial charge is 0.327 e. The van der Waals surface area contributed by atoms with Crippen molar-refractivity contribution in [3.05, 3.63) is 32.9 Å². The maximum atomic E-state index is 13.4. The first kappa shape index (κ1) is 13.7. The quantitative estimate of drug-likeness (QED) is 0.740. The van der Waals surface area contributed by atoms with E-state index in [0.29, 0.717) is 11.3 Å². The summed E-state index contributed by atoms with van der Waals surface area (Å²) in [7, 11) is 0. The molecule has 2 rings (SSSR count). The molecule has 0 aliphatic carbocycles. The Morgan fingerprint density at radius 3 is 2.58 bits per heavy atom. The Morgan fingerprint density at radius 1 is 1.37 bits per heavy atom. The third-order valence-electron chi connectivity index (χ3n) is 2.82. The van der Waals surface area contributed by atoms with Gasteiger partial charge in [0.05, 0.1) is 10.2 Å². The molecule has 1 heterocycles. The summed E-state index contributed by atoms with van der Waals surface area (Å²) in [5.41, 5.74) is 12.5. The number of nitrogen functional groups attached to an aromatic ring is 2. The second-order valence-corrected chi connectivity index (χ2v) is 5.36. The SMILES string of the molecule is CC(C)n1c(-c2cc(Br)c(F)cc2N)c(N)[nH]c1=O. The van der Waals surface area contributed by atoms with Crippen LogP contribution in [0.5, 0.6) is 0 Å². The highest BCUT2D eigenvalue weighted by Gasteiger charge is 2.19. The fourth-order valence-electron chi connectivity index (χ4n) is 2.00. The summed E-state index contributed by atoms with van der Waals surface area (Å²) in [5.74, 6) is -0.252. The van der Waals surface area contributed by atoms with E-state index in [9.17, 15) is 9.18 Å². The number of rotatable bonds is 2. The lowest BCUT2D eigenvalue weighted by atomic mass is 10.1. The summed E-state index contributed by atoms with van der Waals surface area (Å²) in [6.45, 7) is 3.71. The van der Waals surface area contributed by atoms with Gasteiger partial charge in [-0.05, 0) is 41.9 Å². The van der Waals surface area contributed by atoms with E-state index in [-0.39, 0.29) is 27.7 Å². The fraction of sp³-hybridized carbons (Fsp3) is 0.250. The third kappa shape index (κ3) is 2.25. The second-order valence-electron chi connectivity index (χ2n) is 4.51. The van der Waals surface area contributed by atoms with Crippen LogP contribution in [0.2, 0.25) is 0 Å². The summed E-state index contributed by atoms with van der Waals surface area (Å²) >= 11 is 3.10. The van der Waals surface area contributed by atoms with Crippen molar-refractivity contribution >= 4 is 27.4 Å². The van der Waals surface area contributed by atoms with Crippen molar-refractivity contribution in [2.24, 2.45) is 0 Å². The molecule has 0 aliphatic rings. The Hall–Kier alpha value is -1.76. The van der Waals surface area contributed by atoms with Crippen molar-refractivity contribution < 1.29 is 4.39 Å². The maximum Gasteiger partial charge on any atom is 0.327 e. The highest BCUT2D eigenvalue weighted by Crippen LogP contribution is 2.34. The average molecular weight is 329 g/mol. The summed E-state index contributed by atoms with van der Waals surface area (Å²) in [6.07, 6.45) is 0. The van der Waals surface area contributed by atoms with Gasteiger partial charge in [0.25, 0.3) is 0 Å². The number of hydrogen-bond acceptors (Lipinski definition) is 3. The van der Waals surface area contributed by atoms with Crippen LogP contribution in [0.3, 0.4) is 0 Å². The lowest BCUT2D eigenvalue weighted by Gasteiger charge is -2.14. The first-order valence-corrected chi connectivity index (χ1v) is 6.47. The van der Waals surface area contributed by atoms with E-state index in [1.807, 2.05) is 13.8 Å². The molecule has 7 heteroatoms. The largest absolute Gasteiger partial charge is 0.398 e. The van der Waals surface area contributed by atoms with Crippen LogP contribution in [-0.4, -0.2) is 9.55 Å². The topological polar surface area (TPSA) is 89.8 Å². The van der Waals surface area contributed by atoms with E-state index in [0.717, 1.165) is 0 Å². The maximum absolute atomic E-state index is 13.4. The molecule has 5 N–H and O–H groups in total. The molecular formula is C12H14BrFN4O. The molecule has 102 valence electrons. The Morgan fingerprint density at radius 2 is 2.00 bits per heavy atom. The van der Waals surface area contributed by atoms with E-state index in [1.54, 1.807) is 0 Å². The zero-order chi connectivity index (χ0) is 14.3. The number of halogens is 2. The molecule has 0 saturated heterocycles. The van der Waals surface area contributed by atoms with Gasteiger partial charge < -0.3 is 11.5 Å². The number of aromatic amines is 1. The second kappa shape index (κ2) is 4.73. The van der Waals surface area contributed by atoms with Crippen LogP contribution >= 0.6 is 15.9 Å². The first-order chi connectivity index (χ1) is 8.82. The minimum atomic E-state index is -0.464. The summed E-state index contributed by atoms with van der Waals surface area (Å²) < 4.78 is 15.2. The number of nitrogens with one attached hydrogen (secondary N) is 1. The lowest BCUT2D eigenvalue weighted by molar-refractivity contribution is 0.586. The normalized spacial score (nSPS) is 11.2. The third-order valence-corrected chi connectivity index (χ3v) is 3.43. The molecule has 0 bridgehead atoms. The molecule has 0 aliphatic heterocycles. The molecule has 0 unspecified atom stereocenters. The van der Waals surface area contributed by atoms with Crippen LogP contribution in [0.25, 0.3) is 11.3 Å². The van der Waals surface area contributed by atoms with Gasteiger partial charge in [-0.2, -0.15) is 0 Å². The van der Waals surface area contributed by atoms with Gasteiger partial charge in [0.2, 0.25) is 0 Å². The van der Waals surface area contributed by atoms with Crippen LogP contribution in [0.1, 0.15) is 19.9 Å². The van der Waals surface area contributed by atoms with Gasteiger partial charge in [-0.1, -0.05) is 0 Å². The molecule has 0 atom stereocenters. The molecule has 0 saturated carbocycles. The van der Waals surface area contributed by atoms with Crippen LogP contribution in [0.15, 0.2) is 21.4 Å². The van der Waals surface area contributed by atoms with Crippen LogP contribution in [-0.2, 0) is 0 Å². The summed E-state index contributed by atoms with van der Waals surface area (Å²) in [6, 6.07) is 2.61. The Balaban J connectivity index is 2.79. The minimum absolute atomic E-state index is 0.0979. The van der Waals surface area contributed by atoms with Gasteiger partial charge in [-0.25, -0.2) is 9.18 Å².